The second-order valence-corrected chi connectivity index (χ2v) is 7.66. The van der Waals surface area contributed by atoms with Crippen molar-refractivity contribution >= 4 is 17.4 Å². The molecule has 0 spiro atoms. The van der Waals surface area contributed by atoms with Crippen LogP contribution in [0.25, 0.3) is 0 Å². The molecule has 0 radical (unpaired) electrons. The molecule has 7 heteroatoms. The van der Waals surface area contributed by atoms with Crippen LogP contribution in [0.1, 0.15) is 45.7 Å². The fourth-order valence-corrected chi connectivity index (χ4v) is 3.80. The minimum Gasteiger partial charge on any atom is -0.338 e. The molecule has 1 aliphatic heterocycles. The third-order valence-electron chi connectivity index (χ3n) is 5.62. The number of rotatable bonds is 5. The molecule has 0 fully saturated rings. The monoisotopic (exact) mass is 417 g/mol. The zero-order valence-corrected chi connectivity index (χ0v) is 18.2. The number of hydrogen-bond acceptors (Lipinski definition) is 5. The van der Waals surface area contributed by atoms with Gasteiger partial charge in [0, 0.05) is 17.4 Å². The molecule has 31 heavy (non-hydrogen) atoms. The van der Waals surface area contributed by atoms with Crippen LogP contribution in [0.3, 0.4) is 0 Å². The van der Waals surface area contributed by atoms with Gasteiger partial charge < -0.3 is 5.32 Å². The van der Waals surface area contributed by atoms with Gasteiger partial charge in [0.25, 0.3) is 5.91 Å². The van der Waals surface area contributed by atoms with E-state index in [1.807, 2.05) is 25.1 Å². The Bertz CT molecular complexity index is 1120. The fraction of sp³-hybridized carbons (Fsp3) is 0.250. The molecule has 1 amide bonds. The molecular formula is C24H27N5O2. The molecule has 160 valence electrons. The molecule has 4 rings (SSSR count). The van der Waals surface area contributed by atoms with Crippen molar-refractivity contribution in [3.8, 4) is 0 Å². The summed E-state index contributed by atoms with van der Waals surface area (Å²) in [6.07, 6.45) is 2.08. The van der Waals surface area contributed by atoms with E-state index in [1.165, 1.54) is 12.7 Å². The maximum absolute atomic E-state index is 12.2. The van der Waals surface area contributed by atoms with E-state index < -0.39 is 0 Å². The number of aliphatic imine (C=N–C) groups is 1. The zero-order valence-electron chi connectivity index (χ0n) is 18.2. The second kappa shape index (κ2) is 8.65. The van der Waals surface area contributed by atoms with E-state index >= 15 is 0 Å². The maximum atomic E-state index is 12.2. The molecule has 2 heterocycles. The Morgan fingerprint density at radius 3 is 2.61 bits per heavy atom. The molecule has 0 saturated heterocycles. The average molecular weight is 418 g/mol. The molecule has 2 N–H and O–H groups in total. The Balaban J connectivity index is 1.64. The van der Waals surface area contributed by atoms with Gasteiger partial charge in [-0.2, -0.15) is 0 Å². The highest BCUT2D eigenvalue weighted by Crippen LogP contribution is 2.26. The van der Waals surface area contributed by atoms with Crippen molar-refractivity contribution in [2.75, 3.05) is 24.1 Å². The van der Waals surface area contributed by atoms with Gasteiger partial charge in [0.1, 0.15) is 12.4 Å². The Morgan fingerprint density at radius 1 is 1.10 bits per heavy atom. The van der Waals surface area contributed by atoms with E-state index in [-0.39, 0.29) is 11.9 Å². The lowest BCUT2D eigenvalue weighted by atomic mass is 10.1. The Morgan fingerprint density at radius 2 is 1.87 bits per heavy atom. The van der Waals surface area contributed by atoms with Crippen LogP contribution in [0.5, 0.6) is 0 Å². The van der Waals surface area contributed by atoms with Crippen LogP contribution in [-0.2, 0) is 4.84 Å². The third kappa shape index (κ3) is 4.04. The molecule has 1 aliphatic rings. The summed E-state index contributed by atoms with van der Waals surface area (Å²) in [5.74, 6) is 0.491. The van der Waals surface area contributed by atoms with Crippen molar-refractivity contribution in [2.24, 2.45) is 4.99 Å². The summed E-state index contributed by atoms with van der Waals surface area (Å²) < 4.78 is 2.17. The van der Waals surface area contributed by atoms with E-state index in [0.717, 1.165) is 28.3 Å². The predicted octanol–water partition coefficient (Wildman–Crippen LogP) is 3.93. The number of carbonyl (C=O) groups is 1. The standard InChI is InChI=1S/C24H27N5O2/c1-16-10-11-20(24(30)27-31-4)14-21(16)26-23-22-17(2)12-13-28(22)29(15-25-23)18(3)19-8-6-5-7-9-19/h5-14,18H,15H2,1-4H3,(H,25,26)(H,27,30)/t18-/m0/s1. The van der Waals surface area contributed by atoms with Gasteiger partial charge >= 0.3 is 0 Å². The Hall–Kier alpha value is -3.58. The highest BCUT2D eigenvalue weighted by Gasteiger charge is 2.26. The number of nitrogens with one attached hydrogen (secondary N) is 2. The number of carbonyl (C=O) groups excluding carboxylic acids is 1. The van der Waals surface area contributed by atoms with Crippen molar-refractivity contribution in [1.82, 2.24) is 10.2 Å². The minimum absolute atomic E-state index is 0.167. The highest BCUT2D eigenvalue weighted by atomic mass is 16.6. The van der Waals surface area contributed by atoms with E-state index in [4.69, 9.17) is 9.83 Å². The van der Waals surface area contributed by atoms with Crippen molar-refractivity contribution in [2.45, 2.75) is 26.8 Å². The summed E-state index contributed by atoms with van der Waals surface area (Å²) in [5.41, 5.74) is 8.10. The van der Waals surface area contributed by atoms with Crippen molar-refractivity contribution in [3.05, 3.63) is 88.7 Å². The van der Waals surface area contributed by atoms with Crippen LogP contribution in [0.15, 0.2) is 65.8 Å². The first-order valence-corrected chi connectivity index (χ1v) is 10.2. The number of hydroxylamine groups is 1. The number of fused-ring (bicyclic) bond motifs is 1. The number of anilines is 1. The number of aryl methyl sites for hydroxylation is 2. The topological polar surface area (TPSA) is 70.9 Å². The third-order valence-corrected chi connectivity index (χ3v) is 5.62. The molecule has 1 aromatic heterocycles. The van der Waals surface area contributed by atoms with E-state index in [0.29, 0.717) is 12.2 Å². The predicted molar refractivity (Wildman–Crippen MR) is 123 cm³/mol. The summed E-state index contributed by atoms with van der Waals surface area (Å²) in [5, 5.41) is 5.68. The fourth-order valence-electron chi connectivity index (χ4n) is 3.80. The molecule has 0 bridgehead atoms. The minimum atomic E-state index is -0.293. The van der Waals surface area contributed by atoms with Gasteiger partial charge in [0.2, 0.25) is 0 Å². The molecular weight excluding hydrogens is 390 g/mol. The van der Waals surface area contributed by atoms with Crippen molar-refractivity contribution in [1.29, 1.82) is 0 Å². The largest absolute Gasteiger partial charge is 0.338 e. The van der Waals surface area contributed by atoms with Gasteiger partial charge in [0.05, 0.1) is 13.2 Å². The number of hydrogen-bond donors (Lipinski definition) is 2. The summed E-state index contributed by atoms with van der Waals surface area (Å²) in [4.78, 5) is 21.8. The first-order chi connectivity index (χ1) is 15.0. The van der Waals surface area contributed by atoms with Crippen LogP contribution in [0, 0.1) is 13.8 Å². The number of amides is 1. The number of nitrogens with zero attached hydrogens (tertiary/aromatic N) is 3. The van der Waals surface area contributed by atoms with Crippen molar-refractivity contribution in [3.63, 3.8) is 0 Å². The number of benzene rings is 2. The zero-order chi connectivity index (χ0) is 22.0. The SMILES string of the molecule is CONC(=O)c1ccc(C)c(NC2=NCN([C@@H](C)c3ccccc3)n3ccc(C)c32)c1. The second-order valence-electron chi connectivity index (χ2n) is 7.66. The summed E-state index contributed by atoms with van der Waals surface area (Å²) in [7, 11) is 1.42. The first kappa shape index (κ1) is 20.7. The summed E-state index contributed by atoms with van der Waals surface area (Å²) in [6.45, 7) is 6.78. The van der Waals surface area contributed by atoms with Crippen LogP contribution >= 0.6 is 0 Å². The number of amidine groups is 1. The quantitative estimate of drug-likeness (QED) is 0.617. The molecule has 0 unspecified atom stereocenters. The van der Waals surface area contributed by atoms with Gasteiger partial charge in [-0.05, 0) is 55.7 Å². The van der Waals surface area contributed by atoms with Crippen LogP contribution in [-0.4, -0.2) is 30.2 Å². The van der Waals surface area contributed by atoms with Gasteiger partial charge in [-0.3, -0.25) is 19.3 Å². The molecule has 3 aromatic rings. The number of aromatic nitrogens is 1. The molecule has 7 nitrogen and oxygen atoms in total. The lowest BCUT2D eigenvalue weighted by Gasteiger charge is -2.36. The molecule has 2 aromatic carbocycles. The normalized spacial score (nSPS) is 13.9. The van der Waals surface area contributed by atoms with Gasteiger partial charge in [0.15, 0.2) is 5.84 Å². The lowest BCUT2D eigenvalue weighted by Crippen LogP contribution is -2.43. The van der Waals surface area contributed by atoms with Crippen molar-refractivity contribution < 1.29 is 9.63 Å². The molecule has 0 aliphatic carbocycles. The maximum Gasteiger partial charge on any atom is 0.274 e. The average Bonchev–Trinajstić information content (AvgIpc) is 3.18. The van der Waals surface area contributed by atoms with Crippen LogP contribution in [0.2, 0.25) is 0 Å². The Kier molecular flexibility index (Phi) is 5.77. The summed E-state index contributed by atoms with van der Waals surface area (Å²) >= 11 is 0. The first-order valence-electron chi connectivity index (χ1n) is 10.2. The van der Waals surface area contributed by atoms with E-state index in [1.54, 1.807) is 6.07 Å². The summed E-state index contributed by atoms with van der Waals surface area (Å²) in [6, 6.07) is 18.2. The smallest absolute Gasteiger partial charge is 0.274 e. The lowest BCUT2D eigenvalue weighted by molar-refractivity contribution is 0.0537. The highest BCUT2D eigenvalue weighted by molar-refractivity contribution is 6.09. The Labute approximate surface area is 182 Å². The van der Waals surface area contributed by atoms with Gasteiger partial charge in [-0.1, -0.05) is 36.4 Å². The van der Waals surface area contributed by atoms with E-state index in [9.17, 15) is 4.79 Å². The van der Waals surface area contributed by atoms with Gasteiger partial charge in [-0.25, -0.2) is 10.5 Å². The van der Waals surface area contributed by atoms with E-state index in [2.05, 4.69) is 70.9 Å². The van der Waals surface area contributed by atoms with Gasteiger partial charge in [-0.15, -0.1) is 0 Å². The molecule has 0 saturated carbocycles. The van der Waals surface area contributed by atoms with Crippen LogP contribution in [0.4, 0.5) is 5.69 Å². The van der Waals surface area contributed by atoms with Crippen LogP contribution < -0.4 is 15.8 Å². The molecule has 1 atom stereocenters.